The van der Waals surface area contributed by atoms with Crippen LogP contribution in [0.4, 0.5) is 0 Å². The van der Waals surface area contributed by atoms with Crippen LogP contribution in [-0.4, -0.2) is 24.0 Å². The van der Waals surface area contributed by atoms with Crippen LogP contribution in [0.25, 0.3) is 0 Å². The molecule has 1 atom stereocenters. The standard InChI is InChI=1S/C12H17BrN2/c13-11-4-1-3-10(7-11)9-15-6-2-5-12(15)8-14/h1,3-4,7,12H,2,5-6,8-9,14H2. The van der Waals surface area contributed by atoms with E-state index in [-0.39, 0.29) is 0 Å². The maximum atomic E-state index is 5.76. The molecule has 3 heteroatoms. The highest BCUT2D eigenvalue weighted by Gasteiger charge is 2.22. The molecule has 0 bridgehead atoms. The van der Waals surface area contributed by atoms with Crippen molar-refractivity contribution < 1.29 is 0 Å². The van der Waals surface area contributed by atoms with Gasteiger partial charge in [-0.1, -0.05) is 28.1 Å². The molecule has 1 aliphatic rings. The smallest absolute Gasteiger partial charge is 0.0237 e. The van der Waals surface area contributed by atoms with E-state index in [2.05, 4.69) is 45.1 Å². The van der Waals surface area contributed by atoms with Gasteiger partial charge in [-0.05, 0) is 37.1 Å². The van der Waals surface area contributed by atoms with Crippen molar-refractivity contribution in [1.29, 1.82) is 0 Å². The fourth-order valence-corrected chi connectivity index (χ4v) is 2.69. The van der Waals surface area contributed by atoms with E-state index in [4.69, 9.17) is 5.73 Å². The molecule has 0 radical (unpaired) electrons. The van der Waals surface area contributed by atoms with E-state index in [1.165, 1.54) is 24.9 Å². The van der Waals surface area contributed by atoms with Gasteiger partial charge in [-0.15, -0.1) is 0 Å². The molecule has 2 N–H and O–H groups in total. The van der Waals surface area contributed by atoms with Gasteiger partial charge in [0.2, 0.25) is 0 Å². The monoisotopic (exact) mass is 268 g/mol. The molecule has 1 saturated heterocycles. The van der Waals surface area contributed by atoms with Crippen LogP contribution in [0, 0.1) is 0 Å². The fourth-order valence-electron chi connectivity index (χ4n) is 2.24. The number of nitrogens with zero attached hydrogens (tertiary/aromatic N) is 1. The lowest BCUT2D eigenvalue weighted by atomic mass is 10.2. The van der Waals surface area contributed by atoms with Gasteiger partial charge in [-0.2, -0.15) is 0 Å². The highest BCUT2D eigenvalue weighted by atomic mass is 79.9. The summed E-state index contributed by atoms with van der Waals surface area (Å²) >= 11 is 3.50. The normalized spacial score (nSPS) is 22.1. The lowest BCUT2D eigenvalue weighted by Crippen LogP contribution is -2.34. The Kier molecular flexibility index (Phi) is 3.78. The minimum Gasteiger partial charge on any atom is -0.329 e. The van der Waals surface area contributed by atoms with Crippen molar-refractivity contribution in [3.05, 3.63) is 34.3 Å². The Balaban J connectivity index is 2.02. The van der Waals surface area contributed by atoms with Gasteiger partial charge < -0.3 is 5.73 Å². The first-order valence-corrected chi connectivity index (χ1v) is 6.27. The van der Waals surface area contributed by atoms with E-state index < -0.39 is 0 Å². The number of hydrogen-bond donors (Lipinski definition) is 1. The zero-order chi connectivity index (χ0) is 10.7. The molecule has 0 aliphatic carbocycles. The predicted octanol–water partition coefficient (Wildman–Crippen LogP) is 2.37. The van der Waals surface area contributed by atoms with Crippen LogP contribution in [0.5, 0.6) is 0 Å². The summed E-state index contributed by atoms with van der Waals surface area (Å²) in [6, 6.07) is 9.10. The topological polar surface area (TPSA) is 29.3 Å². The number of likely N-dealkylation sites (tertiary alicyclic amines) is 1. The van der Waals surface area contributed by atoms with Gasteiger partial charge in [0.05, 0.1) is 0 Å². The van der Waals surface area contributed by atoms with Crippen LogP contribution in [0.15, 0.2) is 28.7 Å². The zero-order valence-electron chi connectivity index (χ0n) is 8.82. The van der Waals surface area contributed by atoms with Gasteiger partial charge in [0, 0.05) is 23.6 Å². The van der Waals surface area contributed by atoms with E-state index in [1.807, 2.05) is 0 Å². The van der Waals surface area contributed by atoms with E-state index >= 15 is 0 Å². The Labute approximate surface area is 99.6 Å². The molecule has 1 aromatic carbocycles. The third kappa shape index (κ3) is 2.80. The predicted molar refractivity (Wildman–Crippen MR) is 66.6 cm³/mol. The molecular weight excluding hydrogens is 252 g/mol. The van der Waals surface area contributed by atoms with Crippen LogP contribution in [0.3, 0.4) is 0 Å². The van der Waals surface area contributed by atoms with Gasteiger partial charge in [-0.25, -0.2) is 0 Å². The summed E-state index contributed by atoms with van der Waals surface area (Å²) in [5.41, 5.74) is 7.12. The molecule has 0 amide bonds. The fraction of sp³-hybridized carbons (Fsp3) is 0.500. The minimum atomic E-state index is 0.587. The first kappa shape index (κ1) is 11.1. The lowest BCUT2D eigenvalue weighted by molar-refractivity contribution is 0.250. The largest absolute Gasteiger partial charge is 0.329 e. The van der Waals surface area contributed by atoms with E-state index in [9.17, 15) is 0 Å². The van der Waals surface area contributed by atoms with Gasteiger partial charge in [0.15, 0.2) is 0 Å². The van der Waals surface area contributed by atoms with Gasteiger partial charge in [0.1, 0.15) is 0 Å². The van der Waals surface area contributed by atoms with E-state index in [0.717, 1.165) is 17.6 Å². The maximum absolute atomic E-state index is 5.76. The summed E-state index contributed by atoms with van der Waals surface area (Å²) in [5.74, 6) is 0. The van der Waals surface area contributed by atoms with Crippen LogP contribution in [-0.2, 0) is 6.54 Å². The quantitative estimate of drug-likeness (QED) is 0.912. The minimum absolute atomic E-state index is 0.587. The third-order valence-corrected chi connectivity index (χ3v) is 3.54. The summed E-state index contributed by atoms with van der Waals surface area (Å²) in [7, 11) is 0. The van der Waals surface area contributed by atoms with Gasteiger partial charge in [0.25, 0.3) is 0 Å². The van der Waals surface area contributed by atoms with Crippen molar-refractivity contribution >= 4 is 15.9 Å². The van der Waals surface area contributed by atoms with Crippen molar-refractivity contribution in [2.75, 3.05) is 13.1 Å². The van der Waals surface area contributed by atoms with Gasteiger partial charge >= 0.3 is 0 Å². The van der Waals surface area contributed by atoms with Crippen LogP contribution >= 0.6 is 15.9 Å². The molecule has 0 aromatic heterocycles. The molecule has 15 heavy (non-hydrogen) atoms. The average molecular weight is 269 g/mol. The average Bonchev–Trinajstić information content (AvgIpc) is 2.65. The number of hydrogen-bond acceptors (Lipinski definition) is 2. The number of benzene rings is 1. The van der Waals surface area contributed by atoms with Crippen LogP contribution in [0.1, 0.15) is 18.4 Å². The highest BCUT2D eigenvalue weighted by Crippen LogP contribution is 2.20. The molecule has 1 heterocycles. The molecule has 1 aliphatic heterocycles. The van der Waals surface area contributed by atoms with Crippen LogP contribution in [0.2, 0.25) is 0 Å². The third-order valence-electron chi connectivity index (χ3n) is 3.05. The first-order chi connectivity index (χ1) is 7.29. The number of nitrogens with two attached hydrogens (primary N) is 1. The zero-order valence-corrected chi connectivity index (χ0v) is 10.4. The molecule has 82 valence electrons. The van der Waals surface area contributed by atoms with Crippen molar-refractivity contribution in [2.45, 2.75) is 25.4 Å². The SMILES string of the molecule is NCC1CCCN1Cc1cccc(Br)c1. The molecule has 2 nitrogen and oxygen atoms in total. The summed E-state index contributed by atoms with van der Waals surface area (Å²) in [5, 5.41) is 0. The van der Waals surface area contributed by atoms with Crippen molar-refractivity contribution in [3.63, 3.8) is 0 Å². The second-order valence-electron chi connectivity index (χ2n) is 4.13. The number of rotatable bonds is 3. The molecule has 0 spiro atoms. The van der Waals surface area contributed by atoms with E-state index in [1.54, 1.807) is 0 Å². The summed E-state index contributed by atoms with van der Waals surface area (Å²) in [6.07, 6.45) is 2.54. The molecule has 1 aromatic rings. The summed E-state index contributed by atoms with van der Waals surface area (Å²) < 4.78 is 1.16. The Morgan fingerprint density at radius 1 is 1.47 bits per heavy atom. The molecule has 0 saturated carbocycles. The summed E-state index contributed by atoms with van der Waals surface area (Å²) in [4.78, 5) is 2.49. The molecule has 1 fully saturated rings. The molecular formula is C12H17BrN2. The first-order valence-electron chi connectivity index (χ1n) is 5.48. The second kappa shape index (κ2) is 5.10. The summed E-state index contributed by atoms with van der Waals surface area (Å²) in [6.45, 7) is 3.00. The molecule has 2 rings (SSSR count). The van der Waals surface area contributed by atoms with Crippen molar-refractivity contribution in [1.82, 2.24) is 4.90 Å². The van der Waals surface area contributed by atoms with Crippen molar-refractivity contribution in [3.8, 4) is 0 Å². The van der Waals surface area contributed by atoms with Crippen LogP contribution < -0.4 is 5.73 Å². The Bertz CT molecular complexity index is 327. The lowest BCUT2D eigenvalue weighted by Gasteiger charge is -2.23. The second-order valence-corrected chi connectivity index (χ2v) is 5.05. The Hall–Kier alpha value is -0.380. The van der Waals surface area contributed by atoms with E-state index in [0.29, 0.717) is 6.04 Å². The number of halogens is 1. The molecule has 1 unspecified atom stereocenters. The Morgan fingerprint density at radius 3 is 3.07 bits per heavy atom. The van der Waals surface area contributed by atoms with Crippen molar-refractivity contribution in [2.24, 2.45) is 5.73 Å². The highest BCUT2D eigenvalue weighted by molar-refractivity contribution is 9.10. The Morgan fingerprint density at radius 2 is 2.33 bits per heavy atom. The van der Waals surface area contributed by atoms with Gasteiger partial charge in [-0.3, -0.25) is 4.90 Å². The maximum Gasteiger partial charge on any atom is 0.0237 e.